The summed E-state index contributed by atoms with van der Waals surface area (Å²) in [6, 6.07) is 6.91. The van der Waals surface area contributed by atoms with Gasteiger partial charge in [0.15, 0.2) is 0 Å². The van der Waals surface area contributed by atoms with Crippen LogP contribution in [0.2, 0.25) is 0 Å². The van der Waals surface area contributed by atoms with Crippen LogP contribution in [-0.2, 0) is 20.8 Å². The second-order valence-corrected chi connectivity index (χ2v) is 3.45. The summed E-state index contributed by atoms with van der Waals surface area (Å²) >= 11 is 0. The van der Waals surface area contributed by atoms with Gasteiger partial charge in [-0.2, -0.15) is 0 Å². The van der Waals surface area contributed by atoms with E-state index in [1.54, 1.807) is 24.3 Å². The third kappa shape index (κ3) is 3.88. The molecule has 0 aliphatic carbocycles. The van der Waals surface area contributed by atoms with Crippen LogP contribution >= 0.6 is 0 Å². The molecule has 1 amide bonds. The first-order valence-corrected chi connectivity index (χ1v) is 5.11. The van der Waals surface area contributed by atoms with Gasteiger partial charge in [-0.25, -0.2) is 5.06 Å². The molecule has 0 fully saturated rings. The summed E-state index contributed by atoms with van der Waals surface area (Å²) in [5, 5.41) is 1.13. The number of para-hydroxylation sites is 1. The molecule has 5 nitrogen and oxygen atoms in total. The van der Waals surface area contributed by atoms with Gasteiger partial charge < -0.3 is 4.74 Å². The Balaban J connectivity index is 2.83. The SMILES string of the molecule is CON(C)C(=O)Cc1ccccc1OC(C)=O. The van der Waals surface area contributed by atoms with Crippen LogP contribution in [0.15, 0.2) is 24.3 Å². The summed E-state index contributed by atoms with van der Waals surface area (Å²) < 4.78 is 5.01. The van der Waals surface area contributed by atoms with Crippen molar-refractivity contribution in [3.8, 4) is 5.75 Å². The van der Waals surface area contributed by atoms with Gasteiger partial charge in [0.25, 0.3) is 0 Å². The molecule has 0 spiro atoms. The Morgan fingerprint density at radius 3 is 2.53 bits per heavy atom. The maximum Gasteiger partial charge on any atom is 0.308 e. The van der Waals surface area contributed by atoms with Crippen molar-refractivity contribution in [2.75, 3.05) is 14.2 Å². The lowest BCUT2D eigenvalue weighted by molar-refractivity contribution is -0.167. The van der Waals surface area contributed by atoms with Gasteiger partial charge in [-0.1, -0.05) is 18.2 Å². The standard InChI is InChI=1S/C12H15NO4/c1-9(14)17-11-7-5-4-6-10(11)8-12(15)13(2)16-3/h4-7H,8H2,1-3H3. The van der Waals surface area contributed by atoms with Crippen LogP contribution in [0, 0.1) is 0 Å². The molecule has 0 aromatic heterocycles. The van der Waals surface area contributed by atoms with E-state index >= 15 is 0 Å². The average molecular weight is 237 g/mol. The van der Waals surface area contributed by atoms with Crippen molar-refractivity contribution in [2.24, 2.45) is 0 Å². The molecule has 0 atom stereocenters. The van der Waals surface area contributed by atoms with Gasteiger partial charge in [-0.3, -0.25) is 14.4 Å². The minimum atomic E-state index is -0.412. The van der Waals surface area contributed by atoms with E-state index in [1.165, 1.54) is 21.1 Å². The first-order chi connectivity index (χ1) is 8.04. The monoisotopic (exact) mass is 237 g/mol. The van der Waals surface area contributed by atoms with Gasteiger partial charge >= 0.3 is 5.97 Å². The lowest BCUT2D eigenvalue weighted by Crippen LogP contribution is -2.27. The summed E-state index contributed by atoms with van der Waals surface area (Å²) in [5.74, 6) is -0.227. The van der Waals surface area contributed by atoms with Crippen LogP contribution in [0.25, 0.3) is 0 Å². The molecule has 1 aromatic carbocycles. The maximum absolute atomic E-state index is 11.6. The van der Waals surface area contributed by atoms with Crippen molar-refractivity contribution in [3.63, 3.8) is 0 Å². The third-order valence-electron chi connectivity index (χ3n) is 2.19. The zero-order valence-corrected chi connectivity index (χ0v) is 10.1. The van der Waals surface area contributed by atoms with E-state index in [4.69, 9.17) is 9.57 Å². The van der Waals surface area contributed by atoms with Crippen LogP contribution in [0.3, 0.4) is 0 Å². The first kappa shape index (κ1) is 13.2. The van der Waals surface area contributed by atoms with E-state index in [0.29, 0.717) is 11.3 Å². The van der Waals surface area contributed by atoms with Crippen molar-refractivity contribution in [2.45, 2.75) is 13.3 Å². The summed E-state index contributed by atoms with van der Waals surface area (Å²) in [6.07, 6.45) is 0.119. The molecule has 1 rings (SSSR count). The summed E-state index contributed by atoms with van der Waals surface area (Å²) in [4.78, 5) is 27.3. The molecule has 0 saturated heterocycles. The van der Waals surface area contributed by atoms with E-state index < -0.39 is 5.97 Å². The molecule has 1 aromatic rings. The first-order valence-electron chi connectivity index (χ1n) is 5.11. The van der Waals surface area contributed by atoms with Crippen LogP contribution in [-0.4, -0.2) is 31.1 Å². The van der Waals surface area contributed by atoms with E-state index in [2.05, 4.69) is 0 Å². The number of benzene rings is 1. The van der Waals surface area contributed by atoms with Crippen LogP contribution in [0.4, 0.5) is 0 Å². The third-order valence-corrected chi connectivity index (χ3v) is 2.19. The second-order valence-electron chi connectivity index (χ2n) is 3.45. The molecule has 0 radical (unpaired) electrons. The molecular formula is C12H15NO4. The molecule has 0 unspecified atom stereocenters. The highest BCUT2D eigenvalue weighted by Gasteiger charge is 2.13. The number of hydrogen-bond donors (Lipinski definition) is 0. The number of carbonyl (C=O) groups is 2. The number of hydrogen-bond acceptors (Lipinski definition) is 4. The average Bonchev–Trinajstić information content (AvgIpc) is 2.29. The topological polar surface area (TPSA) is 55.8 Å². The van der Waals surface area contributed by atoms with E-state index in [1.807, 2.05) is 0 Å². The molecule has 17 heavy (non-hydrogen) atoms. The number of carbonyl (C=O) groups excluding carboxylic acids is 2. The van der Waals surface area contributed by atoms with Gasteiger partial charge in [0, 0.05) is 19.5 Å². The number of likely N-dealkylation sites (N-methyl/N-ethyl adjacent to an activating group) is 1. The molecule has 0 N–H and O–H groups in total. The summed E-state index contributed by atoms with van der Waals surface area (Å²) in [5.41, 5.74) is 0.650. The quantitative estimate of drug-likeness (QED) is 0.448. The minimum Gasteiger partial charge on any atom is -0.426 e. The summed E-state index contributed by atoms with van der Waals surface area (Å²) in [7, 11) is 2.94. The Labute approximate surface area is 99.9 Å². The Hall–Kier alpha value is -1.88. The predicted molar refractivity (Wildman–Crippen MR) is 61.2 cm³/mol. The normalized spacial score (nSPS) is 9.82. The second kappa shape index (κ2) is 6.00. The van der Waals surface area contributed by atoms with Gasteiger partial charge in [0.2, 0.25) is 5.91 Å². The van der Waals surface area contributed by atoms with Crippen molar-refractivity contribution in [1.82, 2.24) is 5.06 Å². The van der Waals surface area contributed by atoms with E-state index in [0.717, 1.165) is 5.06 Å². The lowest BCUT2D eigenvalue weighted by atomic mass is 10.1. The van der Waals surface area contributed by atoms with E-state index in [-0.39, 0.29) is 12.3 Å². The maximum atomic E-state index is 11.6. The molecule has 0 heterocycles. The van der Waals surface area contributed by atoms with Crippen molar-refractivity contribution < 1.29 is 19.2 Å². The number of rotatable bonds is 4. The molecule has 0 bridgehead atoms. The Morgan fingerprint density at radius 2 is 1.94 bits per heavy atom. The molecule has 0 saturated carbocycles. The smallest absolute Gasteiger partial charge is 0.308 e. The number of esters is 1. The van der Waals surface area contributed by atoms with Crippen LogP contribution in [0.1, 0.15) is 12.5 Å². The van der Waals surface area contributed by atoms with Gasteiger partial charge in [0.1, 0.15) is 5.75 Å². The number of hydroxylamine groups is 2. The van der Waals surface area contributed by atoms with Crippen molar-refractivity contribution in [1.29, 1.82) is 0 Å². The van der Waals surface area contributed by atoms with Gasteiger partial charge in [-0.15, -0.1) is 0 Å². The van der Waals surface area contributed by atoms with Crippen molar-refractivity contribution >= 4 is 11.9 Å². The highest BCUT2D eigenvalue weighted by atomic mass is 16.7. The van der Waals surface area contributed by atoms with Crippen LogP contribution in [0.5, 0.6) is 5.75 Å². The Kier molecular flexibility index (Phi) is 4.66. The Morgan fingerprint density at radius 1 is 1.29 bits per heavy atom. The predicted octanol–water partition coefficient (Wildman–Crippen LogP) is 1.17. The zero-order valence-electron chi connectivity index (χ0n) is 10.1. The molecule has 0 aliphatic heterocycles. The molecule has 0 aliphatic rings. The fourth-order valence-corrected chi connectivity index (χ4v) is 1.28. The fourth-order valence-electron chi connectivity index (χ4n) is 1.28. The van der Waals surface area contributed by atoms with Gasteiger partial charge in [-0.05, 0) is 6.07 Å². The summed E-state index contributed by atoms with van der Waals surface area (Å²) in [6.45, 7) is 1.32. The van der Waals surface area contributed by atoms with Gasteiger partial charge in [0.05, 0.1) is 13.5 Å². The largest absolute Gasteiger partial charge is 0.426 e. The van der Waals surface area contributed by atoms with Crippen molar-refractivity contribution in [3.05, 3.63) is 29.8 Å². The highest BCUT2D eigenvalue weighted by molar-refractivity contribution is 5.79. The number of amides is 1. The number of ether oxygens (including phenoxy) is 1. The zero-order chi connectivity index (χ0) is 12.8. The number of nitrogens with zero attached hydrogens (tertiary/aromatic N) is 1. The Bertz CT molecular complexity index is 417. The lowest BCUT2D eigenvalue weighted by Gasteiger charge is -2.14. The minimum absolute atomic E-state index is 0.119. The molecular weight excluding hydrogens is 222 g/mol. The molecule has 92 valence electrons. The highest BCUT2D eigenvalue weighted by Crippen LogP contribution is 2.19. The molecule has 5 heteroatoms. The van der Waals surface area contributed by atoms with E-state index in [9.17, 15) is 9.59 Å². The fraction of sp³-hybridized carbons (Fsp3) is 0.333. The van der Waals surface area contributed by atoms with Crippen LogP contribution < -0.4 is 4.74 Å².